The monoisotopic (exact) mass is 351 g/mol. The highest BCUT2D eigenvalue weighted by Crippen LogP contribution is 2.37. The summed E-state index contributed by atoms with van der Waals surface area (Å²) in [5.41, 5.74) is 4.46. The molecular formula is C15H29NO6S. The third-order valence-electron chi connectivity index (χ3n) is 4.20. The molecule has 0 aromatic heterocycles. The highest BCUT2D eigenvalue weighted by atomic mass is 32.2. The van der Waals surface area contributed by atoms with Crippen LogP contribution in [0.25, 0.3) is 0 Å². The number of thioether (sulfide) groups is 1. The zero-order chi connectivity index (χ0) is 17.5. The fourth-order valence-corrected chi connectivity index (χ4v) is 3.97. The van der Waals surface area contributed by atoms with E-state index in [1.165, 1.54) is 11.8 Å². The lowest BCUT2D eigenvalue weighted by atomic mass is 9.91. The Morgan fingerprint density at radius 2 is 2.00 bits per heavy atom. The van der Waals surface area contributed by atoms with Crippen LogP contribution in [0.2, 0.25) is 0 Å². The fourth-order valence-electron chi connectivity index (χ4n) is 2.68. The lowest BCUT2D eigenvalue weighted by molar-refractivity contribution is -0.156. The van der Waals surface area contributed by atoms with Crippen LogP contribution in [0.15, 0.2) is 0 Å². The summed E-state index contributed by atoms with van der Waals surface area (Å²) < 4.78 is 5.50. The molecule has 8 heteroatoms. The van der Waals surface area contributed by atoms with Gasteiger partial charge in [0.05, 0.1) is 0 Å². The number of hydrogen-bond donors (Lipinski definition) is 5. The number of carboxylic acid groups (broad SMARTS) is 1. The molecule has 0 amide bonds. The minimum absolute atomic E-state index is 0.313. The highest BCUT2D eigenvalue weighted by Gasteiger charge is 2.52. The molecule has 0 bridgehead atoms. The van der Waals surface area contributed by atoms with E-state index in [-0.39, 0.29) is 0 Å². The van der Waals surface area contributed by atoms with Crippen LogP contribution < -0.4 is 5.73 Å². The molecule has 0 saturated carbocycles. The van der Waals surface area contributed by atoms with Gasteiger partial charge in [-0.05, 0) is 18.6 Å². The van der Waals surface area contributed by atoms with Gasteiger partial charge in [0.25, 0.3) is 0 Å². The molecule has 0 aromatic rings. The van der Waals surface area contributed by atoms with Crippen LogP contribution in [0.5, 0.6) is 0 Å². The van der Waals surface area contributed by atoms with E-state index in [1.807, 2.05) is 0 Å². The van der Waals surface area contributed by atoms with E-state index in [0.29, 0.717) is 24.3 Å². The van der Waals surface area contributed by atoms with Crippen molar-refractivity contribution in [1.29, 1.82) is 0 Å². The number of nitrogens with two attached hydrogens (primary N) is 1. The van der Waals surface area contributed by atoms with Gasteiger partial charge < -0.3 is 30.9 Å². The van der Waals surface area contributed by atoms with Gasteiger partial charge in [0.1, 0.15) is 23.9 Å². The van der Waals surface area contributed by atoms with Gasteiger partial charge in [-0.25, -0.2) is 0 Å². The topological polar surface area (TPSA) is 133 Å². The Bertz CT molecular complexity index is 372. The second-order valence-corrected chi connectivity index (χ2v) is 7.21. The number of hydrogen-bond acceptors (Lipinski definition) is 7. The molecule has 0 aromatic carbocycles. The van der Waals surface area contributed by atoms with E-state index >= 15 is 0 Å². The van der Waals surface area contributed by atoms with Crippen LogP contribution in [0.4, 0.5) is 0 Å². The van der Waals surface area contributed by atoms with Gasteiger partial charge in [0.2, 0.25) is 0 Å². The smallest absolute Gasteiger partial charge is 0.320 e. The van der Waals surface area contributed by atoms with E-state index < -0.39 is 36.1 Å². The Morgan fingerprint density at radius 1 is 1.30 bits per heavy atom. The van der Waals surface area contributed by atoms with Crippen molar-refractivity contribution in [3.63, 3.8) is 0 Å². The average molecular weight is 351 g/mol. The molecule has 1 aliphatic heterocycles. The van der Waals surface area contributed by atoms with Crippen molar-refractivity contribution in [3.8, 4) is 0 Å². The third-order valence-corrected chi connectivity index (χ3v) is 5.42. The first-order valence-electron chi connectivity index (χ1n) is 8.12. The summed E-state index contributed by atoms with van der Waals surface area (Å²) in [4.78, 5) is 10.7. The Labute approximate surface area is 141 Å². The maximum Gasteiger partial charge on any atom is 0.320 e. The SMILES string of the molecule is CCCCCC[C@]1(CSCC[C@H](N)C(=O)O)OC(O)[C@H](O)[C@@H]1O. The molecule has 0 aliphatic carbocycles. The van der Waals surface area contributed by atoms with Gasteiger partial charge >= 0.3 is 5.97 Å². The molecule has 136 valence electrons. The van der Waals surface area contributed by atoms with Crippen molar-refractivity contribution in [2.75, 3.05) is 11.5 Å². The number of aliphatic hydroxyl groups excluding tert-OH is 3. The van der Waals surface area contributed by atoms with Crippen LogP contribution in [0.1, 0.15) is 45.4 Å². The minimum Gasteiger partial charge on any atom is -0.480 e. The predicted octanol–water partition coefficient (Wildman–Crippen LogP) is 0.301. The molecule has 7 nitrogen and oxygen atoms in total. The molecule has 6 N–H and O–H groups in total. The average Bonchev–Trinajstić information content (AvgIpc) is 2.72. The molecule has 1 fully saturated rings. The lowest BCUT2D eigenvalue weighted by Crippen LogP contribution is -2.45. The number of carboxylic acids is 1. The Hall–Kier alpha value is -0.380. The molecule has 1 saturated heterocycles. The summed E-state index contributed by atoms with van der Waals surface area (Å²) >= 11 is 1.42. The molecule has 1 aliphatic rings. The molecule has 5 atom stereocenters. The largest absolute Gasteiger partial charge is 0.480 e. The highest BCUT2D eigenvalue weighted by molar-refractivity contribution is 7.99. The van der Waals surface area contributed by atoms with E-state index in [0.717, 1.165) is 25.7 Å². The first kappa shape index (κ1) is 20.7. The molecule has 23 heavy (non-hydrogen) atoms. The first-order valence-corrected chi connectivity index (χ1v) is 9.27. The zero-order valence-corrected chi connectivity index (χ0v) is 14.4. The van der Waals surface area contributed by atoms with Gasteiger partial charge in [-0.1, -0.05) is 32.6 Å². The molecule has 0 spiro atoms. The number of carbonyl (C=O) groups is 1. The Kier molecular flexibility index (Phi) is 8.81. The Balaban J connectivity index is 2.53. The number of aliphatic carboxylic acids is 1. The van der Waals surface area contributed by atoms with Gasteiger partial charge in [0, 0.05) is 5.75 Å². The van der Waals surface area contributed by atoms with Gasteiger partial charge in [0.15, 0.2) is 6.29 Å². The summed E-state index contributed by atoms with van der Waals surface area (Å²) in [7, 11) is 0. The van der Waals surface area contributed by atoms with Gasteiger partial charge in [-0.3, -0.25) is 4.79 Å². The van der Waals surface area contributed by atoms with Crippen LogP contribution in [0, 0.1) is 0 Å². The summed E-state index contributed by atoms with van der Waals surface area (Å²) in [6.07, 6.45) is 0.990. The second kappa shape index (κ2) is 9.80. The molecule has 1 heterocycles. The standard InChI is InChI=1S/C15H29NO6S/c1-2-3-4-5-7-15(12(18)11(17)14(21)22-15)9-23-8-6-10(16)13(19)20/h10-12,14,17-18,21H,2-9,16H2,1H3,(H,19,20)/t10-,11+,12-,14?,15+/m0/s1. The van der Waals surface area contributed by atoms with E-state index in [9.17, 15) is 20.1 Å². The zero-order valence-electron chi connectivity index (χ0n) is 13.6. The van der Waals surface area contributed by atoms with E-state index in [1.54, 1.807) is 0 Å². The number of rotatable bonds is 11. The summed E-state index contributed by atoms with van der Waals surface area (Å²) in [5, 5.41) is 38.5. The fraction of sp³-hybridized carbons (Fsp3) is 0.933. The van der Waals surface area contributed by atoms with Crippen molar-refractivity contribution in [2.45, 2.75) is 75.6 Å². The number of ether oxygens (including phenoxy) is 1. The molecule has 1 unspecified atom stereocenters. The summed E-state index contributed by atoms with van der Waals surface area (Å²) in [6.45, 7) is 2.10. The quantitative estimate of drug-likeness (QED) is 0.336. The number of unbranched alkanes of at least 4 members (excludes halogenated alkanes) is 3. The van der Waals surface area contributed by atoms with Crippen molar-refractivity contribution in [2.24, 2.45) is 5.73 Å². The van der Waals surface area contributed by atoms with Gasteiger partial charge in [-0.15, -0.1) is 0 Å². The van der Waals surface area contributed by atoms with Crippen molar-refractivity contribution in [3.05, 3.63) is 0 Å². The maximum atomic E-state index is 10.7. The van der Waals surface area contributed by atoms with Crippen molar-refractivity contribution >= 4 is 17.7 Å². The Morgan fingerprint density at radius 3 is 2.52 bits per heavy atom. The lowest BCUT2D eigenvalue weighted by Gasteiger charge is -2.31. The van der Waals surface area contributed by atoms with Crippen LogP contribution in [0.3, 0.4) is 0 Å². The number of aliphatic hydroxyl groups is 3. The van der Waals surface area contributed by atoms with Gasteiger partial charge in [-0.2, -0.15) is 11.8 Å². The summed E-state index contributed by atoms with van der Waals surface area (Å²) in [6, 6.07) is -0.909. The first-order chi connectivity index (χ1) is 10.8. The van der Waals surface area contributed by atoms with Crippen molar-refractivity contribution < 1.29 is 30.0 Å². The minimum atomic E-state index is -1.39. The predicted molar refractivity (Wildman–Crippen MR) is 88.1 cm³/mol. The molecule has 0 radical (unpaired) electrons. The normalized spacial score (nSPS) is 32.1. The second-order valence-electron chi connectivity index (χ2n) is 6.11. The van der Waals surface area contributed by atoms with E-state index in [4.69, 9.17) is 15.6 Å². The van der Waals surface area contributed by atoms with Crippen molar-refractivity contribution in [1.82, 2.24) is 0 Å². The summed E-state index contributed by atoms with van der Waals surface area (Å²) in [5.74, 6) is -0.157. The molecular weight excluding hydrogens is 322 g/mol. The molecule has 1 rings (SSSR count). The van der Waals surface area contributed by atoms with Crippen LogP contribution in [-0.2, 0) is 9.53 Å². The van der Waals surface area contributed by atoms with Crippen LogP contribution >= 0.6 is 11.8 Å². The third kappa shape index (κ3) is 5.88. The van der Waals surface area contributed by atoms with E-state index in [2.05, 4.69) is 6.92 Å². The maximum absolute atomic E-state index is 10.7. The van der Waals surface area contributed by atoms with Crippen LogP contribution in [-0.4, -0.2) is 68.0 Å².